The predicted molar refractivity (Wildman–Crippen MR) is 102 cm³/mol. The van der Waals surface area contributed by atoms with E-state index in [1.54, 1.807) is 18.3 Å². The van der Waals surface area contributed by atoms with E-state index >= 15 is 0 Å². The van der Waals surface area contributed by atoms with Crippen molar-refractivity contribution in [3.63, 3.8) is 0 Å². The lowest BCUT2D eigenvalue weighted by molar-refractivity contribution is -0.173. The van der Waals surface area contributed by atoms with E-state index in [0.29, 0.717) is 24.5 Å². The van der Waals surface area contributed by atoms with Crippen LogP contribution in [0, 0.1) is 40.4 Å². The van der Waals surface area contributed by atoms with Crippen LogP contribution in [0.3, 0.4) is 0 Å². The van der Waals surface area contributed by atoms with Gasteiger partial charge >= 0.3 is 5.97 Å². The van der Waals surface area contributed by atoms with Gasteiger partial charge < -0.3 is 9.84 Å². The highest BCUT2D eigenvalue weighted by atomic mass is 16.5. The SMILES string of the molecule is COC(=O)[C@@H]1C[C@@]23C4=C(CC[C@@H]5CN6C[C@H](C)[C@@H](CC[C@@]52CO)[C@H]63)CC[C@H]41. The van der Waals surface area contributed by atoms with Crippen molar-refractivity contribution in [1.82, 2.24) is 4.90 Å². The van der Waals surface area contributed by atoms with E-state index in [4.69, 9.17) is 4.74 Å². The number of carbonyl (C=O) groups is 1. The highest BCUT2D eigenvalue weighted by Gasteiger charge is 2.75. The average molecular weight is 372 g/mol. The molecule has 0 aromatic heterocycles. The van der Waals surface area contributed by atoms with Crippen molar-refractivity contribution in [1.29, 1.82) is 0 Å². The van der Waals surface area contributed by atoms with E-state index in [9.17, 15) is 9.90 Å². The molecule has 148 valence electrons. The summed E-state index contributed by atoms with van der Waals surface area (Å²) in [5.74, 6) is 2.44. The second-order valence-electron chi connectivity index (χ2n) is 10.6. The third-order valence-electron chi connectivity index (χ3n) is 10.2. The van der Waals surface area contributed by atoms with Crippen molar-refractivity contribution in [2.45, 2.75) is 57.9 Å². The van der Waals surface area contributed by atoms with E-state index in [2.05, 4.69) is 11.8 Å². The number of allylic oxidation sites excluding steroid dienone is 1. The minimum Gasteiger partial charge on any atom is -0.469 e. The van der Waals surface area contributed by atoms with Crippen LogP contribution in [-0.2, 0) is 9.53 Å². The number of ether oxygens (including phenoxy) is 1. The molecule has 6 rings (SSSR count). The number of nitrogens with zero attached hydrogens (tertiary/aromatic N) is 1. The van der Waals surface area contributed by atoms with E-state index in [1.165, 1.54) is 38.8 Å². The summed E-state index contributed by atoms with van der Waals surface area (Å²) in [7, 11) is 1.56. The molecule has 0 aromatic carbocycles. The number of rotatable bonds is 2. The van der Waals surface area contributed by atoms with Crippen molar-refractivity contribution < 1.29 is 14.6 Å². The summed E-state index contributed by atoms with van der Waals surface area (Å²) in [4.78, 5) is 15.6. The van der Waals surface area contributed by atoms with Crippen LogP contribution in [0.15, 0.2) is 11.1 Å². The molecule has 8 atom stereocenters. The molecule has 27 heavy (non-hydrogen) atoms. The molecular formula is C23H33NO3. The Hall–Kier alpha value is -0.870. The summed E-state index contributed by atoms with van der Waals surface area (Å²) in [6.45, 7) is 5.13. The Morgan fingerprint density at radius 2 is 2.07 bits per heavy atom. The van der Waals surface area contributed by atoms with Gasteiger partial charge in [0.2, 0.25) is 0 Å². The van der Waals surface area contributed by atoms with Crippen LogP contribution >= 0.6 is 0 Å². The normalized spacial score (nSPS) is 52.7. The van der Waals surface area contributed by atoms with Gasteiger partial charge in [0.25, 0.3) is 0 Å². The smallest absolute Gasteiger partial charge is 0.309 e. The molecule has 4 heteroatoms. The van der Waals surface area contributed by atoms with Crippen LogP contribution in [0.4, 0.5) is 0 Å². The number of hydrogen-bond acceptors (Lipinski definition) is 4. The molecule has 0 aromatic rings. The Morgan fingerprint density at radius 1 is 1.26 bits per heavy atom. The maximum absolute atomic E-state index is 12.8. The maximum atomic E-state index is 12.8. The molecule has 2 heterocycles. The molecule has 1 spiro atoms. The molecule has 1 N–H and O–H groups in total. The first-order chi connectivity index (χ1) is 13.1. The molecule has 4 bridgehead atoms. The molecule has 0 radical (unpaired) electrons. The topological polar surface area (TPSA) is 49.8 Å². The Morgan fingerprint density at radius 3 is 2.85 bits per heavy atom. The van der Waals surface area contributed by atoms with E-state index in [1.807, 2.05) is 0 Å². The molecule has 2 aliphatic heterocycles. The third-order valence-corrected chi connectivity index (χ3v) is 10.2. The lowest BCUT2D eigenvalue weighted by Gasteiger charge is -2.66. The van der Waals surface area contributed by atoms with Crippen LogP contribution in [0.2, 0.25) is 0 Å². The first kappa shape index (κ1) is 17.0. The van der Waals surface area contributed by atoms with Crippen LogP contribution < -0.4 is 0 Å². The minimum absolute atomic E-state index is 0.000111. The fraction of sp³-hybridized carbons (Fsp3) is 0.870. The Bertz CT molecular complexity index is 731. The Balaban J connectivity index is 1.61. The average Bonchev–Trinajstić information content (AvgIpc) is 3.31. The second-order valence-corrected chi connectivity index (χ2v) is 10.6. The highest BCUT2D eigenvalue weighted by Crippen LogP contribution is 2.76. The van der Waals surface area contributed by atoms with Gasteiger partial charge in [-0.1, -0.05) is 18.1 Å². The van der Waals surface area contributed by atoms with Gasteiger partial charge in [0.15, 0.2) is 0 Å². The van der Waals surface area contributed by atoms with Crippen molar-refractivity contribution in [3.05, 3.63) is 11.1 Å². The Kier molecular flexibility index (Phi) is 3.40. The summed E-state index contributed by atoms with van der Waals surface area (Å²) in [6, 6.07) is 0.544. The molecule has 4 fully saturated rings. The van der Waals surface area contributed by atoms with Gasteiger partial charge in [-0.15, -0.1) is 0 Å². The lowest BCUT2D eigenvalue weighted by atomic mass is 9.43. The molecule has 0 unspecified atom stereocenters. The third kappa shape index (κ3) is 1.73. The number of hydrogen-bond donors (Lipinski definition) is 1. The van der Waals surface area contributed by atoms with Crippen LogP contribution in [0.1, 0.15) is 51.9 Å². The van der Waals surface area contributed by atoms with E-state index < -0.39 is 0 Å². The maximum Gasteiger partial charge on any atom is 0.309 e. The first-order valence-corrected chi connectivity index (χ1v) is 11.2. The zero-order chi connectivity index (χ0) is 18.6. The molecule has 4 nitrogen and oxygen atoms in total. The zero-order valence-corrected chi connectivity index (χ0v) is 16.7. The van der Waals surface area contributed by atoms with Crippen molar-refractivity contribution in [2.75, 3.05) is 26.8 Å². The van der Waals surface area contributed by atoms with Gasteiger partial charge in [-0.3, -0.25) is 9.69 Å². The number of aliphatic hydroxyl groups excluding tert-OH is 1. The fourth-order valence-corrected chi connectivity index (χ4v) is 9.47. The Labute approximate surface area is 162 Å². The van der Waals surface area contributed by atoms with E-state index in [0.717, 1.165) is 31.1 Å². The van der Waals surface area contributed by atoms with Gasteiger partial charge in [-0.25, -0.2) is 0 Å². The van der Waals surface area contributed by atoms with Gasteiger partial charge in [0.1, 0.15) is 0 Å². The lowest BCUT2D eigenvalue weighted by Crippen LogP contribution is -2.68. The number of carbonyl (C=O) groups excluding carboxylic acids is 1. The summed E-state index contributed by atoms with van der Waals surface area (Å²) in [5.41, 5.74) is 3.36. The van der Waals surface area contributed by atoms with E-state index in [-0.39, 0.29) is 22.7 Å². The quantitative estimate of drug-likeness (QED) is 0.599. The minimum atomic E-state index is -0.00281. The summed E-state index contributed by atoms with van der Waals surface area (Å²) >= 11 is 0. The molecule has 6 aliphatic rings. The number of aliphatic hydroxyl groups is 1. The standard InChI is InChI=1S/C23H33NO3/c1-13-10-24-11-15-5-3-14-4-6-17-18(21(26)27-2)9-23(19(14)17)20(24)16(13)7-8-22(15,23)12-25/h13,15-18,20,25H,3-12H2,1-2H3/t13-,15+,16+,17-,18+,20-,22+,23-/m0/s1. The predicted octanol–water partition coefficient (Wildman–Crippen LogP) is 3.00. The molecule has 2 saturated carbocycles. The molecule has 2 saturated heterocycles. The number of methoxy groups -OCH3 is 1. The summed E-state index contributed by atoms with van der Waals surface area (Å²) in [5, 5.41) is 10.9. The van der Waals surface area contributed by atoms with Gasteiger partial charge in [-0.2, -0.15) is 0 Å². The number of esters is 1. The molecular weight excluding hydrogens is 338 g/mol. The monoisotopic (exact) mass is 371 g/mol. The van der Waals surface area contributed by atoms with Crippen LogP contribution in [0.5, 0.6) is 0 Å². The fourth-order valence-electron chi connectivity index (χ4n) is 9.47. The van der Waals surface area contributed by atoms with Crippen LogP contribution in [0.25, 0.3) is 0 Å². The largest absolute Gasteiger partial charge is 0.469 e. The first-order valence-electron chi connectivity index (χ1n) is 11.2. The van der Waals surface area contributed by atoms with Gasteiger partial charge in [0, 0.05) is 36.6 Å². The van der Waals surface area contributed by atoms with Crippen molar-refractivity contribution in [2.24, 2.45) is 40.4 Å². The van der Waals surface area contributed by atoms with Crippen molar-refractivity contribution in [3.8, 4) is 0 Å². The van der Waals surface area contributed by atoms with Gasteiger partial charge in [0.05, 0.1) is 13.0 Å². The zero-order valence-electron chi connectivity index (χ0n) is 16.7. The van der Waals surface area contributed by atoms with Crippen LogP contribution in [-0.4, -0.2) is 48.8 Å². The van der Waals surface area contributed by atoms with Gasteiger partial charge in [-0.05, 0) is 68.6 Å². The van der Waals surface area contributed by atoms with Crippen molar-refractivity contribution >= 4 is 5.97 Å². The molecule has 0 amide bonds. The summed E-state index contributed by atoms with van der Waals surface area (Å²) in [6.07, 6.45) is 8.10. The highest BCUT2D eigenvalue weighted by molar-refractivity contribution is 5.75. The number of piperidine rings is 1. The second kappa shape index (κ2) is 5.38. The summed E-state index contributed by atoms with van der Waals surface area (Å²) < 4.78 is 5.30. The molecule has 4 aliphatic carbocycles.